The largest absolute Gasteiger partial charge is 0.478 e. The maximum atomic E-state index is 10.9. The fourth-order valence-electron chi connectivity index (χ4n) is 1.14. The predicted molar refractivity (Wildman–Crippen MR) is 65.3 cm³/mol. The highest BCUT2D eigenvalue weighted by atomic mass is 79.9. The van der Waals surface area contributed by atoms with Crippen LogP contribution >= 0.6 is 15.9 Å². The van der Waals surface area contributed by atoms with E-state index in [1.165, 1.54) is 12.1 Å². The zero-order valence-electron chi connectivity index (χ0n) is 8.64. The summed E-state index contributed by atoms with van der Waals surface area (Å²) in [5, 5.41) is 20.1. The molecule has 0 unspecified atom stereocenters. The van der Waals surface area contributed by atoms with E-state index < -0.39 is 10.9 Å². The van der Waals surface area contributed by atoms with Gasteiger partial charge in [-0.2, -0.15) is 0 Å². The lowest BCUT2D eigenvalue weighted by atomic mass is 10.1. The molecule has 0 fully saturated rings. The number of non-ortho nitro benzene ring substituents is 1. The van der Waals surface area contributed by atoms with Gasteiger partial charge in [-0.15, -0.1) is 0 Å². The van der Waals surface area contributed by atoms with E-state index in [0.29, 0.717) is 11.8 Å². The Labute approximate surface area is 106 Å². The lowest BCUT2D eigenvalue weighted by Crippen LogP contribution is -2.01. The molecule has 1 rings (SSSR count). The monoisotopic (exact) mass is 297 g/mol. The summed E-state index contributed by atoms with van der Waals surface area (Å²) in [4.78, 5) is 20.9. The van der Waals surface area contributed by atoms with E-state index >= 15 is 0 Å². The Balaban J connectivity index is 3.22. The quantitative estimate of drug-likeness (QED) is 0.402. The molecule has 1 N–H and O–H groups in total. The molecule has 6 heteroatoms. The van der Waals surface area contributed by atoms with Crippen molar-refractivity contribution in [3.63, 3.8) is 0 Å². The number of aromatic carboxylic acids is 1. The van der Waals surface area contributed by atoms with Gasteiger partial charge in [0.05, 0.1) is 10.5 Å². The molecule has 0 aliphatic heterocycles. The summed E-state index contributed by atoms with van der Waals surface area (Å²) in [6.45, 7) is 0. The molecule has 88 valence electrons. The van der Waals surface area contributed by atoms with Gasteiger partial charge in [0.1, 0.15) is 0 Å². The third-order valence-electron chi connectivity index (χ3n) is 1.89. The minimum absolute atomic E-state index is 0.0299. The number of alkyl halides is 1. The van der Waals surface area contributed by atoms with Crippen LogP contribution in [0.4, 0.5) is 5.69 Å². The van der Waals surface area contributed by atoms with Crippen LogP contribution in [0.2, 0.25) is 0 Å². The van der Waals surface area contributed by atoms with E-state index in [1.54, 1.807) is 0 Å². The maximum absolute atomic E-state index is 10.9. The Morgan fingerprint density at radius 3 is 2.76 bits per heavy atom. The summed E-state index contributed by atoms with van der Waals surface area (Å²) in [6.07, 6.45) is 0.543. The molecule has 0 atom stereocenters. The first kappa shape index (κ1) is 13.2. The number of nitro groups is 1. The van der Waals surface area contributed by atoms with E-state index in [9.17, 15) is 14.9 Å². The van der Waals surface area contributed by atoms with Crippen molar-refractivity contribution in [2.75, 3.05) is 5.33 Å². The number of nitro benzene ring substituents is 1. The van der Waals surface area contributed by atoms with E-state index in [1.807, 2.05) is 0 Å². The van der Waals surface area contributed by atoms with Gasteiger partial charge < -0.3 is 5.11 Å². The van der Waals surface area contributed by atoms with Crippen LogP contribution in [0.3, 0.4) is 0 Å². The Morgan fingerprint density at radius 1 is 1.53 bits per heavy atom. The summed E-state index contributed by atoms with van der Waals surface area (Å²) in [5.41, 5.74) is -0.0385. The van der Waals surface area contributed by atoms with Crippen LogP contribution in [0.1, 0.15) is 22.3 Å². The van der Waals surface area contributed by atoms with Gasteiger partial charge in [0.25, 0.3) is 5.69 Å². The fraction of sp³-hybridized carbons (Fsp3) is 0.182. The Morgan fingerprint density at radius 2 is 2.24 bits per heavy atom. The maximum Gasteiger partial charge on any atom is 0.336 e. The molecular weight excluding hydrogens is 290 g/mol. The zero-order chi connectivity index (χ0) is 12.8. The molecule has 17 heavy (non-hydrogen) atoms. The number of carboxylic acids is 1. The van der Waals surface area contributed by atoms with E-state index in [0.717, 1.165) is 6.07 Å². The molecule has 1 aromatic rings. The molecule has 0 amide bonds. The first-order chi connectivity index (χ1) is 8.06. The van der Waals surface area contributed by atoms with Crippen molar-refractivity contribution in [2.45, 2.75) is 6.42 Å². The molecule has 1 aromatic carbocycles. The predicted octanol–water partition coefficient (Wildman–Crippen LogP) is 2.43. The fourth-order valence-corrected chi connectivity index (χ4v) is 1.34. The van der Waals surface area contributed by atoms with Crippen molar-refractivity contribution in [3.05, 3.63) is 39.4 Å². The van der Waals surface area contributed by atoms with Crippen molar-refractivity contribution >= 4 is 27.6 Å². The number of benzene rings is 1. The van der Waals surface area contributed by atoms with Gasteiger partial charge in [0.2, 0.25) is 0 Å². The highest BCUT2D eigenvalue weighted by Gasteiger charge is 2.13. The Bertz CT molecular complexity index is 516. The molecule has 5 nitrogen and oxygen atoms in total. The van der Waals surface area contributed by atoms with Gasteiger partial charge in [0.15, 0.2) is 0 Å². The molecule has 0 heterocycles. The molecule has 0 saturated heterocycles. The number of nitrogens with zero attached hydrogens (tertiary/aromatic N) is 1. The topological polar surface area (TPSA) is 80.4 Å². The minimum atomic E-state index is -1.15. The second kappa shape index (κ2) is 6.01. The van der Waals surface area contributed by atoms with Crippen LogP contribution in [0.5, 0.6) is 0 Å². The third kappa shape index (κ3) is 3.57. The first-order valence-corrected chi connectivity index (χ1v) is 5.75. The second-order valence-electron chi connectivity index (χ2n) is 3.03. The van der Waals surface area contributed by atoms with Crippen molar-refractivity contribution in [1.29, 1.82) is 0 Å². The van der Waals surface area contributed by atoms with Gasteiger partial charge in [-0.3, -0.25) is 10.1 Å². The molecule has 0 aromatic heterocycles. The molecular formula is C11H8BrNO4. The van der Waals surface area contributed by atoms with E-state index in [4.69, 9.17) is 5.11 Å². The highest BCUT2D eigenvalue weighted by Crippen LogP contribution is 2.17. The number of carboxylic acid groups (broad SMARTS) is 1. The lowest BCUT2D eigenvalue weighted by Gasteiger charge is -1.98. The van der Waals surface area contributed by atoms with Gasteiger partial charge >= 0.3 is 5.97 Å². The summed E-state index contributed by atoms with van der Waals surface area (Å²) in [7, 11) is 0. The van der Waals surface area contributed by atoms with Crippen molar-refractivity contribution in [3.8, 4) is 11.8 Å². The van der Waals surface area contributed by atoms with Crippen LogP contribution in [-0.4, -0.2) is 21.3 Å². The average Bonchev–Trinajstić information content (AvgIpc) is 2.28. The van der Waals surface area contributed by atoms with Crippen LogP contribution in [-0.2, 0) is 0 Å². The van der Waals surface area contributed by atoms with E-state index in [-0.39, 0.29) is 16.8 Å². The van der Waals surface area contributed by atoms with Crippen molar-refractivity contribution in [1.82, 2.24) is 0 Å². The van der Waals surface area contributed by atoms with Gasteiger partial charge in [-0.25, -0.2) is 4.79 Å². The second-order valence-corrected chi connectivity index (χ2v) is 3.83. The number of hydrogen-bond acceptors (Lipinski definition) is 3. The number of rotatable bonds is 3. The summed E-state index contributed by atoms with van der Waals surface area (Å²) < 4.78 is 0. The van der Waals surface area contributed by atoms with Crippen LogP contribution in [0.25, 0.3) is 0 Å². The third-order valence-corrected chi connectivity index (χ3v) is 2.28. The number of hydrogen-bond donors (Lipinski definition) is 1. The minimum Gasteiger partial charge on any atom is -0.478 e. The van der Waals surface area contributed by atoms with Gasteiger partial charge in [-0.1, -0.05) is 27.8 Å². The summed E-state index contributed by atoms with van der Waals surface area (Å²) >= 11 is 3.18. The molecule has 0 radical (unpaired) electrons. The van der Waals surface area contributed by atoms with Gasteiger partial charge in [-0.05, 0) is 6.07 Å². The van der Waals surface area contributed by atoms with Crippen molar-refractivity contribution < 1.29 is 14.8 Å². The molecule has 0 bridgehead atoms. The average molecular weight is 298 g/mol. The molecule has 0 saturated carbocycles. The smallest absolute Gasteiger partial charge is 0.336 e. The molecule has 0 aliphatic rings. The van der Waals surface area contributed by atoms with Crippen LogP contribution in [0, 0.1) is 22.0 Å². The number of halogens is 1. The standard InChI is InChI=1S/C11H8BrNO4/c12-6-2-1-3-8-7-9(13(16)17)4-5-10(8)11(14)15/h4-5,7H,2,6H2,(H,14,15). The van der Waals surface area contributed by atoms with Crippen LogP contribution < -0.4 is 0 Å². The Hall–Kier alpha value is -1.87. The molecule has 0 aliphatic carbocycles. The summed E-state index contributed by atoms with van der Waals surface area (Å²) in [5.74, 6) is 4.21. The lowest BCUT2D eigenvalue weighted by molar-refractivity contribution is -0.384. The first-order valence-electron chi connectivity index (χ1n) is 4.63. The highest BCUT2D eigenvalue weighted by molar-refractivity contribution is 9.09. The zero-order valence-corrected chi connectivity index (χ0v) is 10.2. The van der Waals surface area contributed by atoms with Crippen LogP contribution in [0.15, 0.2) is 18.2 Å². The van der Waals surface area contributed by atoms with E-state index in [2.05, 4.69) is 27.8 Å². The van der Waals surface area contributed by atoms with Gasteiger partial charge in [0, 0.05) is 29.4 Å². The number of carbonyl (C=O) groups is 1. The SMILES string of the molecule is O=C(O)c1ccc([N+](=O)[O-])cc1C#CCCBr. The van der Waals surface area contributed by atoms with Crippen molar-refractivity contribution in [2.24, 2.45) is 0 Å². The Kier molecular flexibility index (Phi) is 4.67. The molecule has 0 spiro atoms. The summed E-state index contributed by atoms with van der Waals surface area (Å²) in [6, 6.07) is 3.52. The normalized spacial score (nSPS) is 9.24.